The van der Waals surface area contributed by atoms with E-state index in [2.05, 4.69) is 22.1 Å². The summed E-state index contributed by atoms with van der Waals surface area (Å²) in [5, 5.41) is 11.2. The lowest BCUT2D eigenvalue weighted by Gasteiger charge is -2.25. The number of carbonyl (C=O) groups excluding carboxylic acids is 1. The number of hydrogen-bond donors (Lipinski definition) is 2. The van der Waals surface area contributed by atoms with Crippen LogP contribution in [0.25, 0.3) is 0 Å². The van der Waals surface area contributed by atoms with Crippen LogP contribution in [-0.2, 0) is 14.8 Å². The van der Waals surface area contributed by atoms with E-state index in [0.717, 1.165) is 4.31 Å². The van der Waals surface area contributed by atoms with Crippen LogP contribution < -0.4 is 5.32 Å². The largest absolute Gasteiger partial charge is 0.384 e. The molecule has 0 bridgehead atoms. The monoisotopic (exact) mass is 295 g/mol. The van der Waals surface area contributed by atoms with Gasteiger partial charge in [0.15, 0.2) is 0 Å². The molecule has 7 nitrogen and oxygen atoms in total. The van der Waals surface area contributed by atoms with Crippen LogP contribution in [-0.4, -0.2) is 55.0 Å². The molecule has 2 N–H and O–H groups in total. The van der Waals surface area contributed by atoms with Crippen molar-refractivity contribution in [3.63, 3.8) is 0 Å². The lowest BCUT2D eigenvalue weighted by Crippen LogP contribution is -2.49. The highest BCUT2D eigenvalue weighted by Gasteiger charge is 2.29. The molecule has 0 aliphatic carbocycles. The number of sulfonamides is 1. The van der Waals surface area contributed by atoms with Gasteiger partial charge in [-0.2, -0.15) is 4.31 Å². The van der Waals surface area contributed by atoms with E-state index in [4.69, 9.17) is 5.11 Å². The predicted molar refractivity (Wildman–Crippen MR) is 70.0 cm³/mol. The fraction of sp³-hybridized carbons (Fsp3) is 0.333. The van der Waals surface area contributed by atoms with E-state index in [0.29, 0.717) is 5.56 Å². The minimum atomic E-state index is -3.76. The number of carbonyl (C=O) groups is 1. The molecule has 1 saturated heterocycles. The summed E-state index contributed by atoms with van der Waals surface area (Å²) in [6.07, 6.45) is 2.62. The summed E-state index contributed by atoms with van der Waals surface area (Å²) in [6.45, 7) is -0.00568. The third-order valence-electron chi connectivity index (χ3n) is 2.67. The molecule has 1 aromatic rings. The first-order valence-electron chi connectivity index (χ1n) is 5.85. The van der Waals surface area contributed by atoms with E-state index in [-0.39, 0.29) is 37.0 Å². The summed E-state index contributed by atoms with van der Waals surface area (Å²) >= 11 is 0. The van der Waals surface area contributed by atoms with Gasteiger partial charge >= 0.3 is 0 Å². The number of piperazine rings is 1. The third kappa shape index (κ3) is 3.14. The molecule has 1 aliphatic heterocycles. The molecule has 1 aliphatic rings. The van der Waals surface area contributed by atoms with Crippen LogP contribution in [0.15, 0.2) is 23.4 Å². The van der Waals surface area contributed by atoms with Gasteiger partial charge in [-0.3, -0.25) is 9.78 Å². The summed E-state index contributed by atoms with van der Waals surface area (Å²) < 4.78 is 25.8. The van der Waals surface area contributed by atoms with Crippen molar-refractivity contribution in [3.05, 3.63) is 24.0 Å². The van der Waals surface area contributed by atoms with Gasteiger partial charge in [0.2, 0.25) is 15.9 Å². The average Bonchev–Trinajstić information content (AvgIpc) is 2.45. The highest BCUT2D eigenvalue weighted by molar-refractivity contribution is 7.89. The van der Waals surface area contributed by atoms with Crippen molar-refractivity contribution in [2.45, 2.75) is 4.90 Å². The van der Waals surface area contributed by atoms with Gasteiger partial charge in [0.25, 0.3) is 0 Å². The highest BCUT2D eigenvalue weighted by atomic mass is 32.2. The summed E-state index contributed by atoms with van der Waals surface area (Å²) in [5.74, 6) is 4.69. The Labute approximate surface area is 116 Å². The number of nitrogens with one attached hydrogen (secondary N) is 1. The van der Waals surface area contributed by atoms with Gasteiger partial charge < -0.3 is 10.4 Å². The molecule has 0 aromatic carbocycles. The minimum Gasteiger partial charge on any atom is -0.384 e. The maximum atomic E-state index is 12.4. The zero-order valence-electron chi connectivity index (χ0n) is 10.5. The van der Waals surface area contributed by atoms with Gasteiger partial charge in [-0.05, 0) is 6.07 Å². The van der Waals surface area contributed by atoms with Crippen LogP contribution in [0.4, 0.5) is 0 Å². The number of rotatable bonds is 2. The van der Waals surface area contributed by atoms with Gasteiger partial charge in [-0.15, -0.1) is 0 Å². The van der Waals surface area contributed by atoms with E-state index in [1.54, 1.807) is 0 Å². The molecule has 8 heteroatoms. The van der Waals surface area contributed by atoms with Gasteiger partial charge in [-0.1, -0.05) is 11.8 Å². The first-order valence-corrected chi connectivity index (χ1v) is 7.29. The van der Waals surface area contributed by atoms with Crippen molar-refractivity contribution in [1.82, 2.24) is 14.6 Å². The van der Waals surface area contributed by atoms with Crippen LogP contribution in [0.3, 0.4) is 0 Å². The topological polar surface area (TPSA) is 99.6 Å². The molecule has 1 amide bonds. The number of aliphatic hydroxyl groups is 1. The van der Waals surface area contributed by atoms with E-state index >= 15 is 0 Å². The predicted octanol–water partition coefficient (Wildman–Crippen LogP) is -1.45. The highest BCUT2D eigenvalue weighted by Crippen LogP contribution is 2.16. The molecule has 0 unspecified atom stereocenters. The molecule has 0 atom stereocenters. The van der Waals surface area contributed by atoms with E-state index in [9.17, 15) is 13.2 Å². The first-order chi connectivity index (χ1) is 9.54. The minimum absolute atomic E-state index is 0.0167. The summed E-state index contributed by atoms with van der Waals surface area (Å²) in [6, 6.07) is 1.37. The van der Waals surface area contributed by atoms with E-state index < -0.39 is 10.0 Å². The Bertz CT molecular complexity index is 675. The second kappa shape index (κ2) is 6.00. The lowest BCUT2D eigenvalue weighted by molar-refractivity contribution is -0.122. The Morgan fingerprint density at radius 2 is 2.25 bits per heavy atom. The molecule has 0 saturated carbocycles. The average molecular weight is 295 g/mol. The van der Waals surface area contributed by atoms with Crippen molar-refractivity contribution >= 4 is 15.9 Å². The van der Waals surface area contributed by atoms with Crippen LogP contribution >= 0.6 is 0 Å². The second-order valence-corrected chi connectivity index (χ2v) is 6.00. The number of hydrogen-bond acceptors (Lipinski definition) is 5. The number of pyridine rings is 1. The lowest BCUT2D eigenvalue weighted by atomic mass is 10.3. The number of nitrogens with zero attached hydrogens (tertiary/aromatic N) is 2. The summed E-state index contributed by atoms with van der Waals surface area (Å²) in [7, 11) is -3.76. The van der Waals surface area contributed by atoms with E-state index in [1.807, 2.05) is 0 Å². The SMILES string of the molecule is O=C1CN(S(=O)(=O)c2cncc(C#CCO)c2)CCN1. The molecule has 106 valence electrons. The Morgan fingerprint density at radius 3 is 2.95 bits per heavy atom. The second-order valence-electron chi connectivity index (χ2n) is 4.06. The number of aliphatic hydroxyl groups excluding tert-OH is 1. The van der Waals surface area contributed by atoms with Crippen LogP contribution in [0, 0.1) is 11.8 Å². The molecule has 2 rings (SSSR count). The quantitative estimate of drug-likeness (QED) is 0.650. The van der Waals surface area contributed by atoms with Crippen LogP contribution in [0.2, 0.25) is 0 Å². The molecule has 0 radical (unpaired) electrons. The standard InChI is InChI=1S/C12H13N3O4S/c16-5-1-2-10-6-11(8-13-7-10)20(18,19)15-4-3-14-12(17)9-15/h6-8,16H,3-5,9H2,(H,14,17). The van der Waals surface area contributed by atoms with Crippen molar-refractivity contribution < 1.29 is 18.3 Å². The van der Waals surface area contributed by atoms with Crippen molar-refractivity contribution in [3.8, 4) is 11.8 Å². The molecular formula is C12H13N3O4S. The van der Waals surface area contributed by atoms with E-state index in [1.165, 1.54) is 18.5 Å². The number of amides is 1. The Hall–Kier alpha value is -1.95. The van der Waals surface area contributed by atoms with Crippen molar-refractivity contribution in [2.75, 3.05) is 26.2 Å². The Kier molecular flexibility index (Phi) is 4.34. The van der Waals surface area contributed by atoms with Gasteiger partial charge in [0.1, 0.15) is 11.5 Å². The molecular weight excluding hydrogens is 282 g/mol. The van der Waals surface area contributed by atoms with Gasteiger partial charge in [0.05, 0.1) is 6.54 Å². The summed E-state index contributed by atoms with van der Waals surface area (Å²) in [5.41, 5.74) is 0.390. The molecule has 20 heavy (non-hydrogen) atoms. The molecule has 0 spiro atoms. The molecule has 1 fully saturated rings. The maximum Gasteiger partial charge on any atom is 0.245 e. The third-order valence-corrected chi connectivity index (χ3v) is 4.48. The zero-order chi connectivity index (χ0) is 14.6. The Morgan fingerprint density at radius 1 is 1.45 bits per heavy atom. The summed E-state index contributed by atoms with van der Waals surface area (Å²) in [4.78, 5) is 15.1. The maximum absolute atomic E-state index is 12.4. The zero-order valence-corrected chi connectivity index (χ0v) is 11.4. The van der Waals surface area contributed by atoms with Gasteiger partial charge in [-0.25, -0.2) is 8.42 Å². The fourth-order valence-electron chi connectivity index (χ4n) is 1.74. The van der Waals surface area contributed by atoms with Gasteiger partial charge in [0, 0.05) is 31.0 Å². The van der Waals surface area contributed by atoms with Crippen molar-refractivity contribution in [1.29, 1.82) is 0 Å². The molecule has 2 heterocycles. The Balaban J connectivity index is 2.31. The molecule has 1 aromatic heterocycles. The fourth-order valence-corrected chi connectivity index (χ4v) is 3.13. The normalized spacial score (nSPS) is 16.1. The van der Waals surface area contributed by atoms with Crippen LogP contribution in [0.1, 0.15) is 5.56 Å². The van der Waals surface area contributed by atoms with Crippen molar-refractivity contribution in [2.24, 2.45) is 0 Å². The van der Waals surface area contributed by atoms with Crippen LogP contribution in [0.5, 0.6) is 0 Å². The first kappa shape index (κ1) is 14.5. The smallest absolute Gasteiger partial charge is 0.245 e. The number of aromatic nitrogens is 1.